The molecule has 3 N–H and O–H groups in total. The number of carbonyl (C=O) groups is 1. The molecule has 2 fully saturated rings. The predicted molar refractivity (Wildman–Crippen MR) is 99.3 cm³/mol. The molecule has 5 nitrogen and oxygen atoms in total. The highest BCUT2D eigenvalue weighted by Crippen LogP contribution is 2.39. The van der Waals surface area contributed by atoms with E-state index in [4.69, 9.17) is 0 Å². The molecule has 1 aromatic heterocycles. The number of aromatic nitrogens is 1. The van der Waals surface area contributed by atoms with Gasteiger partial charge in [-0.1, -0.05) is 18.2 Å². The van der Waals surface area contributed by atoms with Gasteiger partial charge in [0.05, 0.1) is 23.8 Å². The van der Waals surface area contributed by atoms with Gasteiger partial charge in [0.15, 0.2) is 0 Å². The summed E-state index contributed by atoms with van der Waals surface area (Å²) in [5.74, 6) is 0.279. The molecule has 1 amide bonds. The van der Waals surface area contributed by atoms with Crippen LogP contribution in [-0.4, -0.2) is 33.3 Å². The molecule has 0 radical (unpaired) electrons. The second kappa shape index (κ2) is 7.33. The molecule has 0 saturated heterocycles. The van der Waals surface area contributed by atoms with E-state index in [2.05, 4.69) is 16.4 Å². The van der Waals surface area contributed by atoms with Gasteiger partial charge in [-0.05, 0) is 62.1 Å². The quantitative estimate of drug-likeness (QED) is 0.788. The Morgan fingerprint density at radius 2 is 1.81 bits per heavy atom. The topological polar surface area (TPSA) is 82.5 Å². The molecule has 0 spiro atoms. The van der Waals surface area contributed by atoms with Crippen LogP contribution in [0.25, 0.3) is 10.9 Å². The average Bonchev–Trinajstić information content (AvgIpc) is 2.64. The number of hydrogen-bond acceptors (Lipinski definition) is 4. The summed E-state index contributed by atoms with van der Waals surface area (Å²) >= 11 is 0. The van der Waals surface area contributed by atoms with Crippen molar-refractivity contribution in [3.63, 3.8) is 0 Å². The molecule has 1 atom stereocenters. The number of benzene rings is 1. The Balaban J connectivity index is 1.54. The lowest BCUT2D eigenvalue weighted by Gasteiger charge is -2.39. The van der Waals surface area contributed by atoms with Gasteiger partial charge < -0.3 is 15.5 Å². The van der Waals surface area contributed by atoms with E-state index < -0.39 is 0 Å². The highest BCUT2D eigenvalue weighted by molar-refractivity contribution is 5.81. The maximum atomic E-state index is 12.8. The van der Waals surface area contributed by atoms with Crippen LogP contribution < -0.4 is 5.32 Å². The standard InChI is InChI=1S/C21H26N2O3/c24-17-7-5-13(6-8-17)21(26)23-20(15-10-18(25)11-15)16-9-14-3-1-2-4-19(14)22-12-16/h1-4,9,12-13,15,17-18,20,24-25H,5-8,10-11H2,(H,23,26)/t13?,15?,17?,18?,20-/m0/s1. The Hall–Kier alpha value is -1.98. The minimum Gasteiger partial charge on any atom is -0.393 e. The van der Waals surface area contributed by atoms with Crippen LogP contribution in [0, 0.1) is 11.8 Å². The van der Waals surface area contributed by atoms with E-state index in [1.807, 2.05) is 30.5 Å². The zero-order valence-corrected chi connectivity index (χ0v) is 14.8. The first-order valence-corrected chi connectivity index (χ1v) is 9.61. The van der Waals surface area contributed by atoms with Crippen LogP contribution in [0.2, 0.25) is 0 Å². The molecule has 0 unspecified atom stereocenters. The first-order valence-electron chi connectivity index (χ1n) is 9.61. The highest BCUT2D eigenvalue weighted by atomic mass is 16.3. The first-order chi connectivity index (χ1) is 12.6. The molecule has 5 heteroatoms. The number of carbonyl (C=O) groups excluding carboxylic acids is 1. The van der Waals surface area contributed by atoms with E-state index in [0.29, 0.717) is 25.7 Å². The molecule has 1 heterocycles. The van der Waals surface area contributed by atoms with E-state index in [-0.39, 0.29) is 36.0 Å². The lowest BCUT2D eigenvalue weighted by molar-refractivity contribution is -0.128. The normalized spacial score (nSPS) is 29.8. The fraction of sp³-hybridized carbons (Fsp3) is 0.524. The van der Waals surface area contributed by atoms with Crippen LogP contribution in [0.1, 0.15) is 50.1 Å². The van der Waals surface area contributed by atoms with Crippen molar-refractivity contribution in [1.82, 2.24) is 10.3 Å². The van der Waals surface area contributed by atoms with Crippen molar-refractivity contribution in [2.75, 3.05) is 0 Å². The number of nitrogens with one attached hydrogen (secondary N) is 1. The summed E-state index contributed by atoms with van der Waals surface area (Å²) in [6.45, 7) is 0. The number of aliphatic hydroxyl groups is 2. The van der Waals surface area contributed by atoms with Crippen molar-refractivity contribution >= 4 is 16.8 Å². The summed E-state index contributed by atoms with van der Waals surface area (Å²) in [4.78, 5) is 17.3. The monoisotopic (exact) mass is 354 g/mol. The third kappa shape index (κ3) is 3.60. The Labute approximate surface area is 153 Å². The molecule has 2 aliphatic carbocycles. The Kier molecular flexibility index (Phi) is 4.92. The van der Waals surface area contributed by atoms with Crippen molar-refractivity contribution in [1.29, 1.82) is 0 Å². The number of para-hydroxylation sites is 1. The Morgan fingerprint density at radius 3 is 2.54 bits per heavy atom. The van der Waals surface area contributed by atoms with Crippen LogP contribution in [0.5, 0.6) is 0 Å². The van der Waals surface area contributed by atoms with E-state index in [0.717, 1.165) is 29.3 Å². The van der Waals surface area contributed by atoms with Crippen molar-refractivity contribution in [2.24, 2.45) is 11.8 Å². The van der Waals surface area contributed by atoms with Gasteiger partial charge in [-0.25, -0.2) is 0 Å². The maximum Gasteiger partial charge on any atom is 0.223 e. The number of aliphatic hydroxyl groups excluding tert-OH is 2. The second-order valence-electron chi connectivity index (χ2n) is 7.84. The van der Waals surface area contributed by atoms with E-state index in [9.17, 15) is 15.0 Å². The number of nitrogens with zero attached hydrogens (tertiary/aromatic N) is 1. The van der Waals surface area contributed by atoms with Crippen molar-refractivity contribution in [3.8, 4) is 0 Å². The van der Waals surface area contributed by atoms with Crippen molar-refractivity contribution in [2.45, 2.75) is 56.8 Å². The molecule has 2 saturated carbocycles. The molecule has 0 bridgehead atoms. The molecule has 0 aliphatic heterocycles. The molecule has 4 rings (SSSR count). The van der Waals surface area contributed by atoms with E-state index >= 15 is 0 Å². The van der Waals surface area contributed by atoms with E-state index in [1.54, 1.807) is 0 Å². The fourth-order valence-electron chi connectivity index (χ4n) is 4.24. The first kappa shape index (κ1) is 17.4. The van der Waals surface area contributed by atoms with Crippen molar-refractivity contribution in [3.05, 3.63) is 42.1 Å². The molecule has 2 aromatic rings. The number of pyridine rings is 1. The minimum absolute atomic E-state index is 0.0284. The van der Waals surface area contributed by atoms with Crippen LogP contribution in [-0.2, 0) is 4.79 Å². The molecular weight excluding hydrogens is 328 g/mol. The summed E-state index contributed by atoms with van der Waals surface area (Å²) in [7, 11) is 0. The van der Waals surface area contributed by atoms with Gasteiger partial charge in [0.2, 0.25) is 5.91 Å². The summed E-state index contributed by atoms with van der Waals surface area (Å²) in [6.07, 6.45) is 5.61. The average molecular weight is 354 g/mol. The summed E-state index contributed by atoms with van der Waals surface area (Å²) < 4.78 is 0. The number of fused-ring (bicyclic) bond motifs is 1. The molecule has 2 aliphatic rings. The largest absolute Gasteiger partial charge is 0.393 e. The number of rotatable bonds is 4. The summed E-state index contributed by atoms with van der Waals surface area (Å²) in [5, 5.41) is 23.7. The molecule has 26 heavy (non-hydrogen) atoms. The predicted octanol–water partition coefficient (Wildman–Crippen LogP) is 2.71. The Morgan fingerprint density at radius 1 is 1.08 bits per heavy atom. The van der Waals surface area contributed by atoms with Crippen LogP contribution >= 0.6 is 0 Å². The molecular formula is C21H26N2O3. The van der Waals surface area contributed by atoms with Gasteiger partial charge in [-0.3, -0.25) is 9.78 Å². The van der Waals surface area contributed by atoms with Gasteiger partial charge in [-0.2, -0.15) is 0 Å². The number of hydrogen-bond donors (Lipinski definition) is 3. The molecule has 138 valence electrons. The summed E-state index contributed by atoms with van der Waals surface area (Å²) in [6, 6.07) is 9.95. The lowest BCUT2D eigenvalue weighted by Crippen LogP contribution is -2.44. The van der Waals surface area contributed by atoms with Crippen molar-refractivity contribution < 1.29 is 15.0 Å². The summed E-state index contributed by atoms with van der Waals surface area (Å²) in [5.41, 5.74) is 1.95. The number of amides is 1. The fourth-order valence-corrected chi connectivity index (χ4v) is 4.24. The van der Waals surface area contributed by atoms with Crippen LogP contribution in [0.4, 0.5) is 0 Å². The van der Waals surface area contributed by atoms with Gasteiger partial charge in [0, 0.05) is 17.5 Å². The highest BCUT2D eigenvalue weighted by Gasteiger charge is 2.37. The minimum atomic E-state index is -0.266. The van der Waals surface area contributed by atoms with Gasteiger partial charge in [-0.15, -0.1) is 0 Å². The van der Waals surface area contributed by atoms with E-state index in [1.165, 1.54) is 0 Å². The smallest absolute Gasteiger partial charge is 0.223 e. The SMILES string of the molecule is O=C(N[C@H](c1cnc2ccccc2c1)C1CC(O)C1)C1CCC(O)CC1. The molecule has 1 aromatic carbocycles. The maximum absolute atomic E-state index is 12.8. The third-order valence-electron chi connectivity index (χ3n) is 5.96. The van der Waals surface area contributed by atoms with Crippen LogP contribution in [0.15, 0.2) is 36.5 Å². The Bertz CT molecular complexity index is 780. The van der Waals surface area contributed by atoms with Gasteiger partial charge in [0.1, 0.15) is 0 Å². The van der Waals surface area contributed by atoms with Crippen LogP contribution in [0.3, 0.4) is 0 Å². The lowest BCUT2D eigenvalue weighted by atomic mass is 9.75. The third-order valence-corrected chi connectivity index (χ3v) is 5.96. The second-order valence-corrected chi connectivity index (χ2v) is 7.84. The van der Waals surface area contributed by atoms with Gasteiger partial charge in [0.25, 0.3) is 0 Å². The zero-order valence-electron chi connectivity index (χ0n) is 14.8. The van der Waals surface area contributed by atoms with Gasteiger partial charge >= 0.3 is 0 Å². The zero-order chi connectivity index (χ0) is 18.1.